The number of nitrogens with one attached hydrogen (secondary N) is 1. The lowest BCUT2D eigenvalue weighted by Crippen LogP contribution is -2.16. The van der Waals surface area contributed by atoms with Crippen LogP contribution in [0.15, 0.2) is 24.3 Å². The van der Waals surface area contributed by atoms with E-state index < -0.39 is 0 Å². The second-order valence-electron chi connectivity index (χ2n) is 7.81. The monoisotopic (exact) mass is 429 g/mol. The number of thiophene rings is 1. The number of hydrogen-bond donors (Lipinski definition) is 1. The Hall–Kier alpha value is -2.34. The zero-order valence-corrected chi connectivity index (χ0v) is 18.9. The fourth-order valence-electron chi connectivity index (χ4n) is 3.70. The van der Waals surface area contributed by atoms with Crippen LogP contribution in [0, 0.1) is 5.92 Å². The van der Waals surface area contributed by atoms with Gasteiger partial charge in [0.05, 0.1) is 18.8 Å². The molecule has 5 nitrogen and oxygen atoms in total. The number of carbonyl (C=O) groups is 2. The minimum absolute atomic E-state index is 0.244. The van der Waals surface area contributed by atoms with E-state index in [2.05, 4.69) is 19.2 Å². The number of unbranched alkanes of at least 4 members (excludes halogenated alkanes) is 2. The molecule has 1 atom stereocenters. The van der Waals surface area contributed by atoms with Crippen molar-refractivity contribution in [1.29, 1.82) is 0 Å². The normalized spacial score (nSPS) is 15.4. The van der Waals surface area contributed by atoms with Crippen LogP contribution in [0.2, 0.25) is 0 Å². The molecular weight excluding hydrogens is 398 g/mol. The number of hydrogen-bond acceptors (Lipinski definition) is 5. The minimum atomic E-state index is -0.354. The number of amides is 1. The third-order valence-corrected chi connectivity index (χ3v) is 6.50. The fourth-order valence-corrected chi connectivity index (χ4v) is 5.10. The summed E-state index contributed by atoms with van der Waals surface area (Å²) in [6.45, 7) is 7.12. The molecule has 1 heterocycles. The molecule has 0 fully saturated rings. The molecule has 1 aliphatic rings. The number of fused-ring (bicyclic) bond motifs is 1. The molecular formula is C24H31NO4S. The Morgan fingerprint density at radius 1 is 1.23 bits per heavy atom. The van der Waals surface area contributed by atoms with Gasteiger partial charge in [0, 0.05) is 10.4 Å². The van der Waals surface area contributed by atoms with Crippen molar-refractivity contribution in [3.63, 3.8) is 0 Å². The highest BCUT2D eigenvalue weighted by Crippen LogP contribution is 2.40. The van der Waals surface area contributed by atoms with Crippen LogP contribution < -0.4 is 10.1 Å². The van der Waals surface area contributed by atoms with E-state index in [4.69, 9.17) is 9.47 Å². The summed E-state index contributed by atoms with van der Waals surface area (Å²) in [5.74, 6) is 0.666. The topological polar surface area (TPSA) is 64.6 Å². The van der Waals surface area contributed by atoms with Gasteiger partial charge in [-0.1, -0.05) is 32.8 Å². The summed E-state index contributed by atoms with van der Waals surface area (Å²) in [7, 11) is 0. The molecule has 162 valence electrons. The van der Waals surface area contributed by atoms with Crippen molar-refractivity contribution in [2.45, 2.75) is 59.3 Å². The molecule has 0 aliphatic heterocycles. The molecule has 0 bridgehead atoms. The Morgan fingerprint density at radius 2 is 2.07 bits per heavy atom. The zero-order chi connectivity index (χ0) is 21.5. The van der Waals surface area contributed by atoms with Gasteiger partial charge in [-0.25, -0.2) is 4.79 Å². The van der Waals surface area contributed by atoms with Crippen LogP contribution in [-0.4, -0.2) is 25.1 Å². The summed E-state index contributed by atoms with van der Waals surface area (Å²) >= 11 is 1.50. The van der Waals surface area contributed by atoms with E-state index in [-0.39, 0.29) is 11.9 Å². The second kappa shape index (κ2) is 10.6. The number of benzene rings is 1. The van der Waals surface area contributed by atoms with Gasteiger partial charge in [-0.15, -0.1) is 11.3 Å². The molecule has 0 spiro atoms. The van der Waals surface area contributed by atoms with Crippen molar-refractivity contribution in [1.82, 2.24) is 0 Å². The molecule has 0 radical (unpaired) electrons. The Kier molecular flexibility index (Phi) is 7.91. The van der Waals surface area contributed by atoms with Gasteiger partial charge in [0.1, 0.15) is 10.8 Å². The maximum Gasteiger partial charge on any atom is 0.341 e. The SMILES string of the molecule is CCCCCOc1cccc(C(=O)Nc2sc3c(c2C(=O)OCC)CCC(C)C3)c1. The van der Waals surface area contributed by atoms with E-state index in [1.807, 2.05) is 12.1 Å². The Morgan fingerprint density at radius 3 is 2.83 bits per heavy atom. The third kappa shape index (κ3) is 5.42. The van der Waals surface area contributed by atoms with Crippen LogP contribution in [0.1, 0.15) is 77.6 Å². The Labute approximate surface area is 182 Å². The summed E-state index contributed by atoms with van der Waals surface area (Å²) in [6, 6.07) is 7.18. The molecule has 1 aromatic heterocycles. The Bertz CT molecular complexity index is 889. The molecule has 30 heavy (non-hydrogen) atoms. The van der Waals surface area contributed by atoms with E-state index in [0.717, 1.165) is 44.1 Å². The van der Waals surface area contributed by atoms with Crippen LogP contribution in [0.3, 0.4) is 0 Å². The summed E-state index contributed by atoms with van der Waals surface area (Å²) < 4.78 is 11.1. The second-order valence-corrected chi connectivity index (χ2v) is 8.92. The first kappa shape index (κ1) is 22.3. The largest absolute Gasteiger partial charge is 0.494 e. The highest BCUT2D eigenvalue weighted by atomic mass is 32.1. The lowest BCUT2D eigenvalue weighted by molar-refractivity contribution is 0.0526. The first-order chi connectivity index (χ1) is 14.5. The summed E-state index contributed by atoms with van der Waals surface area (Å²) in [6.07, 6.45) is 6.08. The number of ether oxygens (including phenoxy) is 2. The van der Waals surface area contributed by atoms with Crippen molar-refractivity contribution in [2.24, 2.45) is 5.92 Å². The highest BCUT2D eigenvalue weighted by molar-refractivity contribution is 7.17. The van der Waals surface area contributed by atoms with E-state index in [0.29, 0.717) is 41.0 Å². The highest BCUT2D eigenvalue weighted by Gasteiger charge is 2.29. The zero-order valence-electron chi connectivity index (χ0n) is 18.1. The molecule has 1 aromatic carbocycles. The molecule has 1 N–H and O–H groups in total. The van der Waals surface area contributed by atoms with Crippen molar-refractivity contribution in [3.05, 3.63) is 45.8 Å². The molecule has 6 heteroatoms. The van der Waals surface area contributed by atoms with Gasteiger partial charge in [0.15, 0.2) is 0 Å². The molecule has 1 aliphatic carbocycles. The standard InChI is InChI=1S/C24H31NO4S/c1-4-6-7-13-29-18-10-8-9-17(15-18)22(26)25-23-21(24(27)28-5-2)19-12-11-16(3)14-20(19)30-23/h8-10,15-16H,4-7,11-14H2,1-3H3,(H,25,26). The van der Waals surface area contributed by atoms with Crippen molar-refractivity contribution in [3.8, 4) is 5.75 Å². The molecule has 0 saturated carbocycles. The Balaban J connectivity index is 1.78. The van der Waals surface area contributed by atoms with Gasteiger partial charge in [-0.05, 0) is 62.3 Å². The molecule has 3 rings (SSSR count). The van der Waals surface area contributed by atoms with Gasteiger partial charge in [0.2, 0.25) is 0 Å². The van der Waals surface area contributed by atoms with Gasteiger partial charge < -0.3 is 14.8 Å². The van der Waals surface area contributed by atoms with Gasteiger partial charge in [-0.3, -0.25) is 4.79 Å². The van der Waals surface area contributed by atoms with Crippen LogP contribution >= 0.6 is 11.3 Å². The van der Waals surface area contributed by atoms with Crippen molar-refractivity contribution >= 4 is 28.2 Å². The van der Waals surface area contributed by atoms with Crippen LogP contribution in [0.4, 0.5) is 5.00 Å². The van der Waals surface area contributed by atoms with Crippen LogP contribution in [0.5, 0.6) is 5.75 Å². The summed E-state index contributed by atoms with van der Waals surface area (Å²) in [5, 5.41) is 3.55. The van der Waals surface area contributed by atoms with Crippen molar-refractivity contribution < 1.29 is 19.1 Å². The maximum atomic E-state index is 12.9. The van der Waals surface area contributed by atoms with E-state index in [1.165, 1.54) is 16.2 Å². The number of esters is 1. The fraction of sp³-hybridized carbons (Fsp3) is 0.500. The molecule has 1 amide bonds. The maximum absolute atomic E-state index is 12.9. The average Bonchev–Trinajstić information content (AvgIpc) is 3.08. The van der Waals surface area contributed by atoms with Gasteiger partial charge in [0.25, 0.3) is 5.91 Å². The van der Waals surface area contributed by atoms with Gasteiger partial charge in [-0.2, -0.15) is 0 Å². The van der Waals surface area contributed by atoms with E-state index in [1.54, 1.807) is 19.1 Å². The number of carbonyl (C=O) groups excluding carboxylic acids is 2. The molecule has 2 aromatic rings. The average molecular weight is 430 g/mol. The third-order valence-electron chi connectivity index (χ3n) is 5.33. The lowest BCUT2D eigenvalue weighted by atomic mass is 9.88. The first-order valence-corrected chi connectivity index (χ1v) is 11.7. The number of anilines is 1. The quantitative estimate of drug-likeness (QED) is 0.400. The molecule has 0 saturated heterocycles. The first-order valence-electron chi connectivity index (χ1n) is 10.9. The van der Waals surface area contributed by atoms with Crippen LogP contribution in [0.25, 0.3) is 0 Å². The smallest absolute Gasteiger partial charge is 0.341 e. The van der Waals surface area contributed by atoms with Crippen LogP contribution in [-0.2, 0) is 17.6 Å². The lowest BCUT2D eigenvalue weighted by Gasteiger charge is -2.18. The summed E-state index contributed by atoms with van der Waals surface area (Å²) in [4.78, 5) is 26.8. The van der Waals surface area contributed by atoms with E-state index >= 15 is 0 Å². The predicted octanol–water partition coefficient (Wildman–Crippen LogP) is 5.87. The van der Waals surface area contributed by atoms with Gasteiger partial charge >= 0.3 is 5.97 Å². The summed E-state index contributed by atoms with van der Waals surface area (Å²) in [5.41, 5.74) is 2.08. The van der Waals surface area contributed by atoms with E-state index in [9.17, 15) is 9.59 Å². The number of rotatable bonds is 9. The predicted molar refractivity (Wildman–Crippen MR) is 121 cm³/mol. The minimum Gasteiger partial charge on any atom is -0.494 e. The molecule has 1 unspecified atom stereocenters. The van der Waals surface area contributed by atoms with Crippen molar-refractivity contribution in [2.75, 3.05) is 18.5 Å².